The molecular formula is C56H56BN3. The minimum Gasteiger partial charge on any atom is -0.335 e. The molecule has 0 spiro atoms. The summed E-state index contributed by atoms with van der Waals surface area (Å²) in [4.78, 5) is 5.79. The monoisotopic (exact) mass is 781 g/mol. The van der Waals surface area contributed by atoms with Gasteiger partial charge in [0.15, 0.2) is 0 Å². The molecule has 1 aromatic heterocycles. The van der Waals surface area contributed by atoms with Gasteiger partial charge in [-0.05, 0) is 119 Å². The lowest BCUT2D eigenvalue weighted by molar-refractivity contribution is 0.194. The maximum atomic E-state index is 2.94. The molecule has 0 bridgehead atoms. The van der Waals surface area contributed by atoms with Gasteiger partial charge < -0.3 is 14.4 Å². The van der Waals surface area contributed by atoms with Crippen LogP contribution in [-0.2, 0) is 16.2 Å². The Morgan fingerprint density at radius 2 is 1.20 bits per heavy atom. The quantitative estimate of drug-likeness (QED) is 0.162. The van der Waals surface area contributed by atoms with E-state index < -0.39 is 0 Å². The summed E-state index contributed by atoms with van der Waals surface area (Å²) in [7, 11) is 0. The van der Waals surface area contributed by atoms with Crippen LogP contribution in [0.5, 0.6) is 0 Å². The summed E-state index contributed by atoms with van der Waals surface area (Å²) in [6.07, 6.45) is 9.90. The third-order valence-electron chi connectivity index (χ3n) is 17.8. The van der Waals surface area contributed by atoms with Crippen molar-refractivity contribution in [3.05, 3.63) is 132 Å². The van der Waals surface area contributed by atoms with Crippen molar-refractivity contribution in [1.82, 2.24) is 4.57 Å². The van der Waals surface area contributed by atoms with E-state index in [2.05, 4.69) is 178 Å². The fourth-order valence-corrected chi connectivity index (χ4v) is 14.2. The maximum absolute atomic E-state index is 2.94. The van der Waals surface area contributed by atoms with Crippen LogP contribution in [0.15, 0.2) is 115 Å². The number of aromatic nitrogens is 1. The van der Waals surface area contributed by atoms with E-state index in [0.717, 1.165) is 0 Å². The first-order chi connectivity index (χ1) is 28.9. The van der Waals surface area contributed by atoms with E-state index in [-0.39, 0.29) is 34.0 Å². The number of hydrogen-bond donors (Lipinski definition) is 0. The van der Waals surface area contributed by atoms with Crippen molar-refractivity contribution in [1.29, 1.82) is 0 Å². The van der Waals surface area contributed by atoms with Gasteiger partial charge in [0, 0.05) is 55.6 Å². The van der Waals surface area contributed by atoms with Gasteiger partial charge in [-0.3, -0.25) is 0 Å². The van der Waals surface area contributed by atoms with E-state index in [1.165, 1.54) is 140 Å². The molecule has 298 valence electrons. The van der Waals surface area contributed by atoms with Gasteiger partial charge in [-0.1, -0.05) is 145 Å². The Kier molecular flexibility index (Phi) is 6.74. The molecule has 6 aliphatic rings. The molecule has 6 aromatic carbocycles. The second kappa shape index (κ2) is 11.4. The third kappa shape index (κ3) is 4.06. The molecule has 2 saturated carbocycles. The zero-order valence-electron chi connectivity index (χ0n) is 36.5. The SMILES string of the molecule is CC(C)(C)c1cc2c3c(c1)C1(C)CCCCC1(C)N3c1cc(N3c4ccc(-c5ccccc5)cc4C4(C)CCCCC34C)cc3c1B2c1cccc2c4ccccc4n-3c12. The Labute approximate surface area is 356 Å². The molecular weight excluding hydrogens is 725 g/mol. The van der Waals surface area contributed by atoms with E-state index in [1.807, 2.05) is 0 Å². The van der Waals surface area contributed by atoms with E-state index in [4.69, 9.17) is 0 Å². The van der Waals surface area contributed by atoms with Crippen LogP contribution in [0.4, 0.5) is 22.7 Å². The van der Waals surface area contributed by atoms with Crippen LogP contribution >= 0.6 is 0 Å². The number of rotatable bonds is 2. The fraction of sp³-hybridized carbons (Fsp3) is 0.357. The van der Waals surface area contributed by atoms with Gasteiger partial charge in [-0.15, -0.1) is 0 Å². The van der Waals surface area contributed by atoms with Crippen LogP contribution in [-0.4, -0.2) is 22.4 Å². The minimum absolute atomic E-state index is 0.0196. The van der Waals surface area contributed by atoms with Crippen molar-refractivity contribution >= 4 is 67.7 Å². The van der Waals surface area contributed by atoms with Crippen molar-refractivity contribution in [2.24, 2.45) is 0 Å². The Balaban J connectivity index is 1.16. The van der Waals surface area contributed by atoms with Crippen molar-refractivity contribution in [2.75, 3.05) is 9.80 Å². The van der Waals surface area contributed by atoms with E-state index in [0.29, 0.717) is 0 Å². The van der Waals surface area contributed by atoms with Crippen LogP contribution < -0.4 is 26.2 Å². The fourth-order valence-electron chi connectivity index (χ4n) is 14.2. The Bertz CT molecular complexity index is 3020. The highest BCUT2D eigenvalue weighted by atomic mass is 15.3. The summed E-state index contributed by atoms with van der Waals surface area (Å²) in [5.41, 5.74) is 21.4. The van der Waals surface area contributed by atoms with Crippen LogP contribution in [0, 0.1) is 0 Å². The van der Waals surface area contributed by atoms with Crippen molar-refractivity contribution < 1.29 is 0 Å². The van der Waals surface area contributed by atoms with Gasteiger partial charge in [-0.25, -0.2) is 0 Å². The third-order valence-corrected chi connectivity index (χ3v) is 17.8. The number of para-hydroxylation sites is 2. The average Bonchev–Trinajstić information content (AvgIpc) is 3.78. The predicted molar refractivity (Wildman–Crippen MR) is 255 cm³/mol. The standard InChI is InChI=1S/C56H56BN3/c1-52(2,3)37-31-42-51-44(32-37)57-43-22-17-21-40-39-20-11-12-23-45(39)58(50(40)43)47-33-38(34-48(49(47)57)60(51)56(7)29-16-14-27-54(42,56)5)59-46-25-24-36(35-18-9-8-10-19-35)30-41(46)53(4)26-13-15-28-55(53,59)6/h8-12,17-25,30-34H,13-16,26-29H2,1-7H3. The highest BCUT2D eigenvalue weighted by molar-refractivity contribution is 7.00. The summed E-state index contributed by atoms with van der Waals surface area (Å²) >= 11 is 0. The minimum atomic E-state index is -0.0719. The zero-order valence-corrected chi connectivity index (χ0v) is 36.5. The number of nitrogens with zero attached hydrogens (tertiary/aromatic N) is 3. The van der Waals surface area contributed by atoms with Crippen molar-refractivity contribution in [3.8, 4) is 16.8 Å². The van der Waals surface area contributed by atoms with Crippen LogP contribution in [0.25, 0.3) is 38.6 Å². The van der Waals surface area contributed by atoms with Crippen LogP contribution in [0.2, 0.25) is 0 Å². The molecule has 0 radical (unpaired) electrons. The Morgan fingerprint density at radius 3 is 1.97 bits per heavy atom. The molecule has 7 aromatic rings. The number of hydrogen-bond acceptors (Lipinski definition) is 2. The van der Waals surface area contributed by atoms with Gasteiger partial charge in [0.1, 0.15) is 0 Å². The number of anilines is 4. The number of fused-ring (bicyclic) bond motifs is 13. The predicted octanol–water partition coefficient (Wildman–Crippen LogP) is 12.4. The molecule has 2 fully saturated rings. The summed E-state index contributed by atoms with van der Waals surface area (Å²) in [5, 5.41) is 2.71. The van der Waals surface area contributed by atoms with Gasteiger partial charge in [0.2, 0.25) is 0 Å². The molecule has 60 heavy (non-hydrogen) atoms. The van der Waals surface area contributed by atoms with E-state index in [1.54, 1.807) is 5.56 Å². The lowest BCUT2D eigenvalue weighted by Gasteiger charge is -2.53. The topological polar surface area (TPSA) is 11.4 Å². The molecule has 5 heterocycles. The molecule has 4 unspecified atom stereocenters. The van der Waals surface area contributed by atoms with Crippen molar-refractivity contribution in [3.63, 3.8) is 0 Å². The smallest absolute Gasteiger partial charge is 0.252 e. The summed E-state index contributed by atoms with van der Waals surface area (Å²) in [6, 6.07) is 45.5. The maximum Gasteiger partial charge on any atom is 0.252 e. The molecule has 13 rings (SSSR count). The molecule has 2 aliphatic carbocycles. The Morgan fingerprint density at radius 1 is 0.533 bits per heavy atom. The molecule has 0 N–H and O–H groups in total. The normalized spacial score (nSPS) is 26.9. The largest absolute Gasteiger partial charge is 0.335 e. The highest BCUT2D eigenvalue weighted by Gasteiger charge is 2.62. The molecule has 4 atom stereocenters. The first kappa shape index (κ1) is 35.5. The van der Waals surface area contributed by atoms with E-state index >= 15 is 0 Å². The highest BCUT2D eigenvalue weighted by Crippen LogP contribution is 2.64. The van der Waals surface area contributed by atoms with Gasteiger partial charge >= 0.3 is 0 Å². The number of benzene rings is 6. The lowest BCUT2D eigenvalue weighted by atomic mass is 9.33. The molecule has 0 saturated heterocycles. The molecule has 0 amide bonds. The second-order valence-corrected chi connectivity index (χ2v) is 21.5. The summed E-state index contributed by atoms with van der Waals surface area (Å²) in [5.74, 6) is 0. The average molecular weight is 782 g/mol. The van der Waals surface area contributed by atoms with E-state index in [9.17, 15) is 0 Å². The first-order valence-electron chi connectivity index (χ1n) is 23.1. The van der Waals surface area contributed by atoms with Gasteiger partial charge in [-0.2, -0.15) is 0 Å². The van der Waals surface area contributed by atoms with Gasteiger partial charge in [0.25, 0.3) is 6.71 Å². The van der Waals surface area contributed by atoms with Crippen molar-refractivity contribution in [2.45, 2.75) is 127 Å². The molecule has 3 nitrogen and oxygen atoms in total. The lowest BCUT2D eigenvalue weighted by Crippen LogP contribution is -2.64. The molecule has 4 heteroatoms. The van der Waals surface area contributed by atoms with Gasteiger partial charge in [0.05, 0.1) is 16.6 Å². The van der Waals surface area contributed by atoms with Crippen LogP contribution in [0.3, 0.4) is 0 Å². The first-order valence-corrected chi connectivity index (χ1v) is 23.1. The second-order valence-electron chi connectivity index (χ2n) is 21.5. The summed E-state index contributed by atoms with van der Waals surface area (Å²) < 4.78 is 2.69. The zero-order chi connectivity index (χ0) is 40.7. The molecule has 4 aliphatic heterocycles. The Hall–Kier alpha value is -5.22. The van der Waals surface area contributed by atoms with Crippen LogP contribution in [0.1, 0.15) is 117 Å². The summed E-state index contributed by atoms with van der Waals surface area (Å²) in [6.45, 7) is 17.9.